The van der Waals surface area contributed by atoms with Gasteiger partial charge in [-0.25, -0.2) is 4.39 Å². The molecule has 0 aliphatic heterocycles. The van der Waals surface area contributed by atoms with Gasteiger partial charge in [0.15, 0.2) is 5.96 Å². The summed E-state index contributed by atoms with van der Waals surface area (Å²) in [6.07, 6.45) is 2.98. The molecule has 0 amide bonds. The van der Waals surface area contributed by atoms with Crippen molar-refractivity contribution < 1.29 is 4.39 Å². The molecule has 2 N–H and O–H groups in total. The Hall–Kier alpha value is -1.64. The fourth-order valence-corrected chi connectivity index (χ4v) is 3.39. The number of benzene rings is 1. The number of hydrogen-bond acceptors (Lipinski definition) is 2. The largest absolute Gasteiger partial charge is 0.356 e. The standard InChI is InChI=1S/C20H28FN5.HI/c1-15-13-16(2)26(25-15)12-6-11-23-19(22-3)24-14-20(9-10-20)17-7-4-5-8-18(17)21;/h4-5,7-8,13H,6,9-12,14H2,1-3H3,(H2,22,23,24);1H. The zero-order valence-electron chi connectivity index (χ0n) is 16.3. The molecule has 27 heavy (non-hydrogen) atoms. The molecule has 1 aliphatic rings. The molecule has 5 nitrogen and oxygen atoms in total. The van der Waals surface area contributed by atoms with E-state index in [1.807, 2.05) is 23.7 Å². The highest BCUT2D eigenvalue weighted by atomic mass is 127. The fourth-order valence-electron chi connectivity index (χ4n) is 3.39. The number of hydrogen-bond donors (Lipinski definition) is 2. The van der Waals surface area contributed by atoms with Crippen molar-refractivity contribution in [3.8, 4) is 0 Å². The summed E-state index contributed by atoms with van der Waals surface area (Å²) in [5.74, 6) is 0.653. The molecule has 1 saturated carbocycles. The Morgan fingerprint density at radius 1 is 1.26 bits per heavy atom. The number of aryl methyl sites for hydroxylation is 3. The smallest absolute Gasteiger partial charge is 0.191 e. The van der Waals surface area contributed by atoms with Gasteiger partial charge in [0.25, 0.3) is 0 Å². The fraction of sp³-hybridized carbons (Fsp3) is 0.500. The lowest BCUT2D eigenvalue weighted by atomic mass is 9.95. The molecule has 2 aromatic rings. The van der Waals surface area contributed by atoms with E-state index in [0.717, 1.165) is 49.6 Å². The zero-order chi connectivity index (χ0) is 18.6. The quantitative estimate of drug-likeness (QED) is 0.273. The molecule has 7 heteroatoms. The minimum absolute atomic E-state index is 0. The van der Waals surface area contributed by atoms with Gasteiger partial charge >= 0.3 is 0 Å². The lowest BCUT2D eigenvalue weighted by molar-refractivity contribution is 0.547. The van der Waals surface area contributed by atoms with Crippen molar-refractivity contribution in [2.45, 2.75) is 45.1 Å². The predicted octanol–water partition coefficient (Wildman–Crippen LogP) is 3.54. The molecule has 1 aromatic carbocycles. The molecule has 0 unspecified atom stereocenters. The minimum atomic E-state index is -0.111. The van der Waals surface area contributed by atoms with Crippen LogP contribution in [0.25, 0.3) is 0 Å². The first-order valence-corrected chi connectivity index (χ1v) is 9.25. The van der Waals surface area contributed by atoms with Crippen LogP contribution >= 0.6 is 24.0 Å². The monoisotopic (exact) mass is 485 g/mol. The van der Waals surface area contributed by atoms with Crippen molar-refractivity contribution in [2.75, 3.05) is 20.1 Å². The van der Waals surface area contributed by atoms with E-state index in [1.165, 1.54) is 5.69 Å². The van der Waals surface area contributed by atoms with Crippen LogP contribution in [0.1, 0.15) is 36.2 Å². The van der Waals surface area contributed by atoms with Gasteiger partial charge in [-0.2, -0.15) is 5.10 Å². The Kier molecular flexibility index (Phi) is 7.64. The maximum absolute atomic E-state index is 14.1. The molecule has 1 fully saturated rings. The summed E-state index contributed by atoms with van der Waals surface area (Å²) in [5, 5.41) is 11.2. The van der Waals surface area contributed by atoms with E-state index in [0.29, 0.717) is 6.54 Å². The van der Waals surface area contributed by atoms with Crippen LogP contribution in [0.2, 0.25) is 0 Å². The number of aromatic nitrogens is 2. The second kappa shape index (κ2) is 9.52. The normalized spacial score (nSPS) is 15.2. The van der Waals surface area contributed by atoms with E-state index in [9.17, 15) is 4.39 Å². The van der Waals surface area contributed by atoms with Crippen molar-refractivity contribution in [1.29, 1.82) is 0 Å². The third-order valence-electron chi connectivity index (χ3n) is 5.06. The average Bonchev–Trinajstić information content (AvgIpc) is 3.34. The number of nitrogens with zero attached hydrogens (tertiary/aromatic N) is 3. The summed E-state index contributed by atoms with van der Waals surface area (Å²) in [6, 6.07) is 9.18. The average molecular weight is 485 g/mol. The first kappa shape index (κ1) is 21.7. The second-order valence-electron chi connectivity index (χ2n) is 7.12. The van der Waals surface area contributed by atoms with E-state index >= 15 is 0 Å². The molecule has 0 spiro atoms. The van der Waals surface area contributed by atoms with Gasteiger partial charge in [-0.15, -0.1) is 24.0 Å². The maximum atomic E-state index is 14.1. The molecule has 0 bridgehead atoms. The van der Waals surface area contributed by atoms with Gasteiger partial charge in [-0.1, -0.05) is 18.2 Å². The van der Waals surface area contributed by atoms with Gasteiger partial charge in [0.1, 0.15) is 5.82 Å². The van der Waals surface area contributed by atoms with Crippen LogP contribution in [0.15, 0.2) is 35.3 Å². The molecule has 0 radical (unpaired) electrons. The summed E-state index contributed by atoms with van der Waals surface area (Å²) in [5.41, 5.74) is 2.96. The van der Waals surface area contributed by atoms with Gasteiger partial charge < -0.3 is 10.6 Å². The third kappa shape index (κ3) is 5.43. The molecule has 0 saturated heterocycles. The van der Waals surface area contributed by atoms with E-state index in [1.54, 1.807) is 19.2 Å². The number of nitrogens with one attached hydrogen (secondary N) is 2. The summed E-state index contributed by atoms with van der Waals surface area (Å²) in [4.78, 5) is 4.28. The summed E-state index contributed by atoms with van der Waals surface area (Å²) in [6.45, 7) is 6.47. The van der Waals surface area contributed by atoms with Crippen molar-refractivity contribution >= 4 is 29.9 Å². The molecule has 1 aliphatic carbocycles. The Bertz CT molecular complexity index is 782. The lowest BCUT2D eigenvalue weighted by Gasteiger charge is -2.19. The SMILES string of the molecule is CN=C(NCCCn1nc(C)cc1C)NCC1(c2ccccc2F)CC1.I. The summed E-state index contributed by atoms with van der Waals surface area (Å²) >= 11 is 0. The first-order chi connectivity index (χ1) is 12.5. The Morgan fingerprint density at radius 2 is 2.00 bits per heavy atom. The van der Waals surface area contributed by atoms with Crippen LogP contribution < -0.4 is 10.6 Å². The molecule has 148 valence electrons. The topological polar surface area (TPSA) is 54.2 Å². The van der Waals surface area contributed by atoms with E-state index in [2.05, 4.69) is 33.7 Å². The summed E-state index contributed by atoms with van der Waals surface area (Å²) < 4.78 is 16.1. The van der Waals surface area contributed by atoms with Gasteiger partial charge in [0.2, 0.25) is 0 Å². The van der Waals surface area contributed by atoms with Crippen LogP contribution in [-0.2, 0) is 12.0 Å². The molecule has 1 aromatic heterocycles. The Balaban J connectivity index is 0.00000261. The Labute approximate surface area is 177 Å². The molecular formula is C20H29FIN5. The van der Waals surface area contributed by atoms with Crippen LogP contribution in [0, 0.1) is 19.7 Å². The van der Waals surface area contributed by atoms with Crippen LogP contribution in [0.4, 0.5) is 4.39 Å². The highest BCUT2D eigenvalue weighted by Crippen LogP contribution is 2.48. The minimum Gasteiger partial charge on any atom is -0.356 e. The number of rotatable bonds is 7. The van der Waals surface area contributed by atoms with E-state index in [-0.39, 0.29) is 35.2 Å². The van der Waals surface area contributed by atoms with E-state index < -0.39 is 0 Å². The van der Waals surface area contributed by atoms with E-state index in [4.69, 9.17) is 0 Å². The predicted molar refractivity (Wildman–Crippen MR) is 118 cm³/mol. The van der Waals surface area contributed by atoms with Gasteiger partial charge in [0.05, 0.1) is 5.69 Å². The lowest BCUT2D eigenvalue weighted by Crippen LogP contribution is -2.41. The van der Waals surface area contributed by atoms with Crippen molar-refractivity contribution in [3.05, 3.63) is 53.1 Å². The Morgan fingerprint density at radius 3 is 2.59 bits per heavy atom. The highest BCUT2D eigenvalue weighted by Gasteiger charge is 2.45. The second-order valence-corrected chi connectivity index (χ2v) is 7.12. The number of guanidine groups is 1. The van der Waals surface area contributed by atoms with Crippen molar-refractivity contribution in [2.24, 2.45) is 4.99 Å². The van der Waals surface area contributed by atoms with Crippen LogP contribution in [-0.4, -0.2) is 35.9 Å². The van der Waals surface area contributed by atoms with Gasteiger partial charge in [-0.3, -0.25) is 9.67 Å². The number of halogens is 2. The number of aliphatic imine (C=N–C) groups is 1. The third-order valence-corrected chi connectivity index (χ3v) is 5.06. The maximum Gasteiger partial charge on any atom is 0.191 e. The summed E-state index contributed by atoms with van der Waals surface area (Å²) in [7, 11) is 1.76. The molecular weight excluding hydrogens is 456 g/mol. The zero-order valence-corrected chi connectivity index (χ0v) is 18.6. The van der Waals surface area contributed by atoms with Crippen LogP contribution in [0.5, 0.6) is 0 Å². The van der Waals surface area contributed by atoms with Gasteiger partial charge in [0, 0.05) is 37.8 Å². The first-order valence-electron chi connectivity index (χ1n) is 9.25. The molecule has 1 heterocycles. The van der Waals surface area contributed by atoms with Crippen LogP contribution in [0.3, 0.4) is 0 Å². The van der Waals surface area contributed by atoms with Gasteiger partial charge in [-0.05, 0) is 50.8 Å². The molecule has 3 rings (SSSR count). The highest BCUT2D eigenvalue weighted by molar-refractivity contribution is 14.0. The molecule has 0 atom stereocenters. The van der Waals surface area contributed by atoms with Crippen molar-refractivity contribution in [1.82, 2.24) is 20.4 Å². The van der Waals surface area contributed by atoms with Crippen molar-refractivity contribution in [3.63, 3.8) is 0 Å².